The highest BCUT2D eigenvalue weighted by Gasteiger charge is 1.90. The molecule has 0 aromatic heterocycles. The molecule has 0 radical (unpaired) electrons. The minimum Gasteiger partial charge on any atom is -0.728 e. The zero-order valence-electron chi connectivity index (χ0n) is 6.06. The van der Waals surface area contributed by atoms with E-state index in [0.717, 1.165) is 0 Å². The average molecular weight is 154 g/mol. The summed E-state index contributed by atoms with van der Waals surface area (Å²) in [5.74, 6) is 0.448. The normalized spacial score (nSPS) is 10.1. The topological polar surface area (TPSA) is 44.8 Å². The first kappa shape index (κ1) is 8.00. The van der Waals surface area contributed by atoms with Gasteiger partial charge in [-0.05, 0) is 12.1 Å². The standard InChI is InChI=1S/C7H8NO3/c1-10-8(9)11-7-5-3-2-4-6-7/h2-6H,1H3/q-1. The van der Waals surface area contributed by atoms with Crippen LogP contribution in [0.3, 0.4) is 0 Å². The molecular formula is C7H8NO3-. The predicted octanol–water partition coefficient (Wildman–Crippen LogP) is 1.34. The lowest BCUT2D eigenvalue weighted by molar-refractivity contribution is -0.265. The molecule has 1 aromatic carbocycles. The Labute approximate surface area is 64.4 Å². The molecule has 0 unspecified atom stereocenters. The molecule has 0 atom stereocenters. The van der Waals surface area contributed by atoms with Crippen molar-refractivity contribution in [1.29, 1.82) is 0 Å². The second-order valence-corrected chi connectivity index (χ2v) is 1.81. The van der Waals surface area contributed by atoms with Crippen LogP contribution in [0, 0.1) is 5.21 Å². The predicted molar refractivity (Wildman–Crippen MR) is 39.3 cm³/mol. The first-order valence-corrected chi connectivity index (χ1v) is 3.07. The highest BCUT2D eigenvalue weighted by Crippen LogP contribution is 2.09. The highest BCUT2D eigenvalue weighted by molar-refractivity contribution is 5.20. The Morgan fingerprint density at radius 1 is 1.27 bits per heavy atom. The quantitative estimate of drug-likeness (QED) is 0.616. The number of rotatable bonds is 3. The van der Waals surface area contributed by atoms with Gasteiger partial charge >= 0.3 is 0 Å². The first-order valence-electron chi connectivity index (χ1n) is 3.07. The summed E-state index contributed by atoms with van der Waals surface area (Å²) >= 11 is 0. The van der Waals surface area contributed by atoms with E-state index >= 15 is 0 Å². The van der Waals surface area contributed by atoms with Crippen molar-refractivity contribution in [3.8, 4) is 5.75 Å². The molecule has 4 nitrogen and oxygen atoms in total. The minimum absolute atomic E-state index is 0.0370. The van der Waals surface area contributed by atoms with Crippen LogP contribution in [0.2, 0.25) is 0 Å². The van der Waals surface area contributed by atoms with Crippen molar-refractivity contribution in [2.24, 2.45) is 0 Å². The van der Waals surface area contributed by atoms with Gasteiger partial charge < -0.3 is 10.0 Å². The third kappa shape index (κ3) is 2.55. The van der Waals surface area contributed by atoms with Crippen molar-refractivity contribution in [3.63, 3.8) is 0 Å². The average Bonchev–Trinajstić information content (AvgIpc) is 2.06. The summed E-state index contributed by atoms with van der Waals surface area (Å²) in [7, 11) is 1.23. The molecule has 0 saturated carbocycles. The molecule has 1 aromatic rings. The Morgan fingerprint density at radius 2 is 1.91 bits per heavy atom. The first-order chi connectivity index (χ1) is 5.33. The third-order valence-electron chi connectivity index (χ3n) is 1.07. The Hall–Kier alpha value is -1.10. The van der Waals surface area contributed by atoms with Gasteiger partial charge in [0.2, 0.25) is 0 Å². The maximum Gasteiger partial charge on any atom is 0.149 e. The van der Waals surface area contributed by atoms with Crippen molar-refractivity contribution < 1.29 is 9.68 Å². The van der Waals surface area contributed by atoms with Gasteiger partial charge in [-0.3, -0.25) is 4.84 Å². The number of hydrogen-bond acceptors (Lipinski definition) is 4. The number of nitrogens with zero attached hydrogens (tertiary/aromatic N) is 1. The van der Waals surface area contributed by atoms with Crippen molar-refractivity contribution in [2.75, 3.05) is 7.11 Å². The van der Waals surface area contributed by atoms with Crippen molar-refractivity contribution in [3.05, 3.63) is 35.5 Å². The number of hydrogen-bond donors (Lipinski definition) is 0. The summed E-state index contributed by atoms with van der Waals surface area (Å²) in [5.41, 5.74) is 0. The van der Waals surface area contributed by atoms with Crippen LogP contribution in [0.5, 0.6) is 5.75 Å². The minimum atomic E-state index is 0.0370. The van der Waals surface area contributed by atoms with Crippen LogP contribution in [-0.2, 0) is 4.84 Å². The van der Waals surface area contributed by atoms with Crippen LogP contribution in [0.15, 0.2) is 30.3 Å². The van der Waals surface area contributed by atoms with Gasteiger partial charge in [0.25, 0.3) is 0 Å². The van der Waals surface area contributed by atoms with E-state index in [1.165, 1.54) is 7.11 Å². The van der Waals surface area contributed by atoms with Crippen molar-refractivity contribution >= 4 is 0 Å². The maximum atomic E-state index is 10.5. The fraction of sp³-hybridized carbons (Fsp3) is 0.143. The summed E-state index contributed by atoms with van der Waals surface area (Å²) in [6, 6.07) is 8.67. The van der Waals surface area contributed by atoms with E-state index < -0.39 is 0 Å². The van der Waals surface area contributed by atoms with Gasteiger partial charge in [0.15, 0.2) is 0 Å². The SMILES string of the molecule is CON([O-])Oc1ccccc1. The van der Waals surface area contributed by atoms with E-state index in [-0.39, 0.29) is 5.39 Å². The van der Waals surface area contributed by atoms with E-state index in [9.17, 15) is 5.21 Å². The van der Waals surface area contributed by atoms with E-state index in [1.807, 2.05) is 6.07 Å². The Balaban J connectivity index is 2.51. The largest absolute Gasteiger partial charge is 0.728 e. The van der Waals surface area contributed by atoms with Crippen LogP contribution >= 0.6 is 0 Å². The number of benzene rings is 1. The van der Waals surface area contributed by atoms with Gasteiger partial charge in [-0.1, -0.05) is 23.6 Å². The van der Waals surface area contributed by atoms with Crippen LogP contribution in [0.1, 0.15) is 0 Å². The fourth-order valence-electron chi connectivity index (χ4n) is 0.605. The second kappa shape index (κ2) is 3.92. The molecule has 0 aliphatic rings. The molecule has 0 fully saturated rings. The Bertz CT molecular complexity index is 202. The zero-order valence-corrected chi connectivity index (χ0v) is 6.06. The van der Waals surface area contributed by atoms with Gasteiger partial charge in [0.05, 0.1) is 7.11 Å². The molecule has 1 rings (SSSR count). The second-order valence-electron chi connectivity index (χ2n) is 1.81. The van der Waals surface area contributed by atoms with Gasteiger partial charge in [0, 0.05) is 0 Å². The smallest absolute Gasteiger partial charge is 0.149 e. The number of para-hydroxylation sites is 1. The van der Waals surface area contributed by atoms with E-state index in [2.05, 4.69) is 9.68 Å². The van der Waals surface area contributed by atoms with Crippen LogP contribution < -0.4 is 4.84 Å². The molecule has 0 heterocycles. The lowest BCUT2D eigenvalue weighted by atomic mass is 10.3. The molecule has 4 heteroatoms. The molecule has 0 bridgehead atoms. The lowest BCUT2D eigenvalue weighted by Gasteiger charge is -2.23. The summed E-state index contributed by atoms with van der Waals surface area (Å²) in [6.45, 7) is 0. The molecule has 60 valence electrons. The molecule has 0 aliphatic carbocycles. The van der Waals surface area contributed by atoms with Crippen molar-refractivity contribution in [1.82, 2.24) is 5.39 Å². The van der Waals surface area contributed by atoms with E-state index in [0.29, 0.717) is 5.75 Å². The van der Waals surface area contributed by atoms with Crippen LogP contribution in [0.4, 0.5) is 0 Å². The van der Waals surface area contributed by atoms with Gasteiger partial charge in [-0.2, -0.15) is 0 Å². The third-order valence-corrected chi connectivity index (χ3v) is 1.07. The zero-order chi connectivity index (χ0) is 8.10. The Kier molecular flexibility index (Phi) is 2.85. The maximum absolute atomic E-state index is 10.5. The lowest BCUT2D eigenvalue weighted by Crippen LogP contribution is -2.18. The molecule has 0 amide bonds. The summed E-state index contributed by atoms with van der Waals surface area (Å²) < 4.78 is 0. The van der Waals surface area contributed by atoms with Crippen LogP contribution in [0.25, 0.3) is 0 Å². The fourth-order valence-corrected chi connectivity index (χ4v) is 0.605. The Morgan fingerprint density at radius 3 is 2.45 bits per heavy atom. The molecule has 0 N–H and O–H groups in total. The summed E-state index contributed by atoms with van der Waals surface area (Å²) in [5, 5.41) is 10.5. The van der Waals surface area contributed by atoms with Crippen molar-refractivity contribution in [2.45, 2.75) is 0 Å². The van der Waals surface area contributed by atoms with Gasteiger partial charge in [-0.15, -0.1) is 0 Å². The van der Waals surface area contributed by atoms with E-state index in [4.69, 9.17) is 0 Å². The molecular weight excluding hydrogens is 146 g/mol. The highest BCUT2D eigenvalue weighted by atomic mass is 17.1. The van der Waals surface area contributed by atoms with Gasteiger partial charge in [-0.25, -0.2) is 0 Å². The van der Waals surface area contributed by atoms with Crippen LogP contribution in [-0.4, -0.2) is 12.5 Å². The molecule has 0 saturated heterocycles. The van der Waals surface area contributed by atoms with Gasteiger partial charge in [0.1, 0.15) is 5.75 Å². The molecule has 0 aliphatic heterocycles. The molecule has 11 heavy (non-hydrogen) atoms. The van der Waals surface area contributed by atoms with E-state index in [1.54, 1.807) is 24.3 Å². The monoisotopic (exact) mass is 154 g/mol. The molecule has 0 spiro atoms. The summed E-state index contributed by atoms with van der Waals surface area (Å²) in [4.78, 5) is 8.83. The summed E-state index contributed by atoms with van der Waals surface area (Å²) in [6.07, 6.45) is 0.